The lowest BCUT2D eigenvalue weighted by atomic mass is 9.69. The van der Waals surface area contributed by atoms with Gasteiger partial charge < -0.3 is 0 Å². The van der Waals surface area contributed by atoms with Crippen molar-refractivity contribution in [2.24, 2.45) is 16.3 Å². The summed E-state index contributed by atoms with van der Waals surface area (Å²) in [6, 6.07) is 0. The number of fused-ring (bicyclic) bond motifs is 1. The molecule has 0 aromatic rings. The van der Waals surface area contributed by atoms with Gasteiger partial charge in [-0.05, 0) is 36.2 Å². The standard InChI is InChI=1S/C12H19N/c1-12(2,3)10-5-4-6-11-9(10)7-8-13-11/h7,10H,4-6,8H2,1-3H3. The molecule has 13 heavy (non-hydrogen) atoms. The monoisotopic (exact) mass is 177 g/mol. The Kier molecular flexibility index (Phi) is 2.05. The van der Waals surface area contributed by atoms with E-state index in [0.29, 0.717) is 5.41 Å². The van der Waals surface area contributed by atoms with Crippen LogP contribution in [0.3, 0.4) is 0 Å². The number of allylic oxidation sites excluding steroid dienone is 1. The Morgan fingerprint density at radius 1 is 1.38 bits per heavy atom. The highest BCUT2D eigenvalue weighted by Crippen LogP contribution is 2.41. The van der Waals surface area contributed by atoms with Crippen LogP contribution in [0.15, 0.2) is 16.6 Å². The third-order valence-electron chi connectivity index (χ3n) is 3.25. The molecular formula is C12H19N. The second-order valence-corrected chi connectivity index (χ2v) is 5.26. The molecule has 0 radical (unpaired) electrons. The van der Waals surface area contributed by atoms with Crippen LogP contribution < -0.4 is 0 Å². The van der Waals surface area contributed by atoms with Crippen LogP contribution in [0, 0.1) is 11.3 Å². The summed E-state index contributed by atoms with van der Waals surface area (Å²) in [6.07, 6.45) is 6.25. The van der Waals surface area contributed by atoms with Gasteiger partial charge in [0.25, 0.3) is 0 Å². The van der Waals surface area contributed by atoms with Crippen LogP contribution in [-0.2, 0) is 0 Å². The Hall–Kier alpha value is -0.590. The van der Waals surface area contributed by atoms with Crippen molar-refractivity contribution < 1.29 is 0 Å². The lowest BCUT2D eigenvalue weighted by Crippen LogP contribution is -2.28. The van der Waals surface area contributed by atoms with Gasteiger partial charge in [-0.25, -0.2) is 0 Å². The zero-order valence-electron chi connectivity index (χ0n) is 8.93. The molecule has 2 aliphatic rings. The van der Waals surface area contributed by atoms with Crippen LogP contribution in [0.1, 0.15) is 40.0 Å². The lowest BCUT2D eigenvalue weighted by Gasteiger charge is -2.35. The number of hydrogen-bond acceptors (Lipinski definition) is 1. The third-order valence-corrected chi connectivity index (χ3v) is 3.25. The van der Waals surface area contributed by atoms with Crippen LogP contribution in [0.4, 0.5) is 0 Å². The van der Waals surface area contributed by atoms with Crippen molar-refractivity contribution in [3.05, 3.63) is 11.6 Å². The molecule has 1 heteroatoms. The molecule has 0 bridgehead atoms. The molecule has 0 amide bonds. The molecule has 0 aromatic carbocycles. The molecule has 1 unspecified atom stereocenters. The summed E-state index contributed by atoms with van der Waals surface area (Å²) in [5.41, 5.74) is 3.39. The first-order chi connectivity index (χ1) is 6.09. The first-order valence-electron chi connectivity index (χ1n) is 5.33. The maximum Gasteiger partial charge on any atom is 0.0580 e. The van der Waals surface area contributed by atoms with Crippen molar-refractivity contribution in [2.45, 2.75) is 40.0 Å². The van der Waals surface area contributed by atoms with Crippen LogP contribution in [0.5, 0.6) is 0 Å². The van der Waals surface area contributed by atoms with E-state index in [2.05, 4.69) is 31.8 Å². The summed E-state index contributed by atoms with van der Waals surface area (Å²) >= 11 is 0. The molecule has 1 aliphatic carbocycles. The zero-order valence-corrected chi connectivity index (χ0v) is 8.93. The lowest BCUT2D eigenvalue weighted by molar-refractivity contribution is 0.261. The van der Waals surface area contributed by atoms with Gasteiger partial charge in [0.05, 0.1) is 6.54 Å². The molecule has 1 fully saturated rings. The topological polar surface area (TPSA) is 12.4 Å². The van der Waals surface area contributed by atoms with Gasteiger partial charge in [-0.3, -0.25) is 4.99 Å². The minimum Gasteiger partial charge on any atom is -0.285 e. The third kappa shape index (κ3) is 1.56. The Balaban J connectivity index is 2.25. The maximum absolute atomic E-state index is 4.55. The number of nitrogens with zero attached hydrogens (tertiary/aromatic N) is 1. The molecular weight excluding hydrogens is 158 g/mol. The van der Waals surface area contributed by atoms with E-state index >= 15 is 0 Å². The first-order valence-corrected chi connectivity index (χ1v) is 5.33. The molecule has 0 spiro atoms. The molecule has 1 heterocycles. The minimum absolute atomic E-state index is 0.414. The molecule has 1 saturated carbocycles. The quantitative estimate of drug-likeness (QED) is 0.538. The van der Waals surface area contributed by atoms with Gasteiger partial charge in [0.1, 0.15) is 0 Å². The minimum atomic E-state index is 0.414. The second kappa shape index (κ2) is 2.97. The molecule has 1 atom stereocenters. The van der Waals surface area contributed by atoms with Gasteiger partial charge >= 0.3 is 0 Å². The Morgan fingerprint density at radius 3 is 2.85 bits per heavy atom. The summed E-state index contributed by atoms with van der Waals surface area (Å²) in [7, 11) is 0. The number of hydrogen-bond donors (Lipinski definition) is 0. The molecule has 72 valence electrons. The van der Waals surface area contributed by atoms with Crippen molar-refractivity contribution in [3.8, 4) is 0 Å². The summed E-state index contributed by atoms with van der Waals surface area (Å²) in [5, 5.41) is 0. The summed E-state index contributed by atoms with van der Waals surface area (Å²) in [4.78, 5) is 4.55. The Bertz CT molecular complexity index is 265. The predicted octanol–water partition coefficient (Wildman–Crippen LogP) is 3.21. The summed E-state index contributed by atoms with van der Waals surface area (Å²) < 4.78 is 0. The average molecular weight is 177 g/mol. The van der Waals surface area contributed by atoms with Gasteiger partial charge in [-0.2, -0.15) is 0 Å². The van der Waals surface area contributed by atoms with E-state index in [4.69, 9.17) is 0 Å². The van der Waals surface area contributed by atoms with Crippen LogP contribution in [0.25, 0.3) is 0 Å². The Morgan fingerprint density at radius 2 is 2.15 bits per heavy atom. The highest BCUT2D eigenvalue weighted by Gasteiger charge is 2.33. The van der Waals surface area contributed by atoms with E-state index in [0.717, 1.165) is 12.5 Å². The molecule has 0 aromatic heterocycles. The zero-order chi connectivity index (χ0) is 9.47. The SMILES string of the molecule is CC(C)(C)C1CCCC2=NCC=C21. The molecule has 1 aliphatic heterocycles. The average Bonchev–Trinajstić information content (AvgIpc) is 2.48. The van der Waals surface area contributed by atoms with Crippen molar-refractivity contribution >= 4 is 5.71 Å². The maximum atomic E-state index is 4.55. The van der Waals surface area contributed by atoms with Crippen molar-refractivity contribution in [3.63, 3.8) is 0 Å². The Labute approximate surface area is 80.9 Å². The van der Waals surface area contributed by atoms with Gasteiger partial charge in [-0.1, -0.05) is 26.8 Å². The number of rotatable bonds is 0. The summed E-state index contributed by atoms with van der Waals surface area (Å²) in [6.45, 7) is 7.98. The van der Waals surface area contributed by atoms with E-state index in [9.17, 15) is 0 Å². The van der Waals surface area contributed by atoms with E-state index in [1.165, 1.54) is 25.0 Å². The van der Waals surface area contributed by atoms with Gasteiger partial charge in [0.15, 0.2) is 0 Å². The van der Waals surface area contributed by atoms with E-state index in [-0.39, 0.29) is 0 Å². The predicted molar refractivity (Wildman–Crippen MR) is 57.2 cm³/mol. The molecule has 1 nitrogen and oxygen atoms in total. The highest BCUT2D eigenvalue weighted by atomic mass is 14.8. The van der Waals surface area contributed by atoms with Crippen LogP contribution >= 0.6 is 0 Å². The molecule has 0 N–H and O–H groups in total. The highest BCUT2D eigenvalue weighted by molar-refractivity contribution is 6.02. The second-order valence-electron chi connectivity index (χ2n) is 5.26. The van der Waals surface area contributed by atoms with E-state index in [1.807, 2.05) is 0 Å². The fourth-order valence-electron chi connectivity index (χ4n) is 2.56. The van der Waals surface area contributed by atoms with Gasteiger partial charge in [0, 0.05) is 5.71 Å². The van der Waals surface area contributed by atoms with Crippen molar-refractivity contribution in [1.29, 1.82) is 0 Å². The van der Waals surface area contributed by atoms with Crippen molar-refractivity contribution in [2.75, 3.05) is 6.54 Å². The smallest absolute Gasteiger partial charge is 0.0580 e. The normalized spacial score (nSPS) is 28.1. The van der Waals surface area contributed by atoms with Crippen LogP contribution in [-0.4, -0.2) is 12.3 Å². The summed E-state index contributed by atoms with van der Waals surface area (Å²) in [5.74, 6) is 0.752. The fourth-order valence-corrected chi connectivity index (χ4v) is 2.56. The van der Waals surface area contributed by atoms with Crippen LogP contribution in [0.2, 0.25) is 0 Å². The number of aliphatic imine (C=N–C) groups is 1. The fraction of sp³-hybridized carbons (Fsp3) is 0.750. The largest absolute Gasteiger partial charge is 0.285 e. The first kappa shape index (κ1) is 8.98. The van der Waals surface area contributed by atoms with Crippen molar-refractivity contribution in [1.82, 2.24) is 0 Å². The molecule has 0 saturated heterocycles. The van der Waals surface area contributed by atoms with Gasteiger partial charge in [-0.15, -0.1) is 0 Å². The van der Waals surface area contributed by atoms with E-state index < -0.39 is 0 Å². The van der Waals surface area contributed by atoms with Gasteiger partial charge in [0.2, 0.25) is 0 Å². The van der Waals surface area contributed by atoms with E-state index in [1.54, 1.807) is 5.57 Å². The molecule has 2 rings (SSSR count).